The minimum Gasteiger partial charge on any atom is -0.383 e. The molecule has 2 atom stereocenters. The third-order valence-corrected chi connectivity index (χ3v) is 3.67. The Morgan fingerprint density at radius 2 is 2.10 bits per heavy atom. The predicted octanol–water partition coefficient (Wildman–Crippen LogP) is 0.242. The number of halogens is 1. The molecule has 0 spiro atoms. The number of nitrogens with one attached hydrogen (secondary N) is 1. The van der Waals surface area contributed by atoms with E-state index in [9.17, 15) is 9.59 Å². The third-order valence-electron chi connectivity index (χ3n) is 3.43. The molecule has 112 valence electrons. The number of hydrogen-bond donors (Lipinski definition) is 1. The number of imide groups is 1. The molecule has 20 heavy (non-hydrogen) atoms. The Morgan fingerprint density at radius 1 is 1.35 bits per heavy atom. The summed E-state index contributed by atoms with van der Waals surface area (Å²) in [6.45, 7) is 3.51. The SMILES string of the molecule is CCCN1C(=O)NC(=O)C2C1N=C(CCl)N2CCOC. The van der Waals surface area contributed by atoms with Crippen LogP contribution in [0.4, 0.5) is 4.79 Å². The van der Waals surface area contributed by atoms with Gasteiger partial charge in [0.15, 0.2) is 12.2 Å². The highest BCUT2D eigenvalue weighted by Gasteiger charge is 2.48. The van der Waals surface area contributed by atoms with Crippen molar-refractivity contribution < 1.29 is 14.3 Å². The molecule has 2 rings (SSSR count). The number of urea groups is 1. The number of amides is 3. The molecule has 2 heterocycles. The van der Waals surface area contributed by atoms with Crippen LogP contribution in [-0.2, 0) is 9.53 Å². The summed E-state index contributed by atoms with van der Waals surface area (Å²) in [7, 11) is 1.60. The lowest BCUT2D eigenvalue weighted by molar-refractivity contribution is -0.127. The first-order valence-corrected chi connectivity index (χ1v) is 7.17. The highest BCUT2D eigenvalue weighted by molar-refractivity contribution is 6.28. The number of carbonyl (C=O) groups excluding carboxylic acids is 2. The van der Waals surface area contributed by atoms with Gasteiger partial charge >= 0.3 is 6.03 Å². The molecule has 1 saturated heterocycles. The van der Waals surface area contributed by atoms with Crippen molar-refractivity contribution in [1.29, 1.82) is 0 Å². The fourth-order valence-electron chi connectivity index (χ4n) is 2.55. The second-order valence-electron chi connectivity index (χ2n) is 4.71. The zero-order chi connectivity index (χ0) is 14.7. The van der Waals surface area contributed by atoms with Gasteiger partial charge in [-0.3, -0.25) is 15.0 Å². The maximum atomic E-state index is 12.1. The first-order valence-electron chi connectivity index (χ1n) is 6.63. The van der Waals surface area contributed by atoms with E-state index in [2.05, 4.69) is 10.3 Å². The molecular weight excluding hydrogens is 284 g/mol. The highest BCUT2D eigenvalue weighted by atomic mass is 35.5. The molecule has 0 aromatic carbocycles. The van der Waals surface area contributed by atoms with E-state index in [1.54, 1.807) is 12.0 Å². The molecule has 1 fully saturated rings. The van der Waals surface area contributed by atoms with Crippen molar-refractivity contribution in [3.8, 4) is 0 Å². The van der Waals surface area contributed by atoms with E-state index in [-0.39, 0.29) is 17.8 Å². The molecule has 0 aromatic rings. The Labute approximate surface area is 122 Å². The number of nitrogens with zero attached hydrogens (tertiary/aromatic N) is 3. The van der Waals surface area contributed by atoms with Crippen molar-refractivity contribution in [2.45, 2.75) is 25.6 Å². The lowest BCUT2D eigenvalue weighted by Crippen LogP contribution is -2.65. The number of fused-ring (bicyclic) bond motifs is 1. The molecule has 0 radical (unpaired) electrons. The van der Waals surface area contributed by atoms with Gasteiger partial charge in [-0.05, 0) is 6.42 Å². The minimum atomic E-state index is -0.511. The van der Waals surface area contributed by atoms with Gasteiger partial charge in [-0.25, -0.2) is 9.79 Å². The van der Waals surface area contributed by atoms with Gasteiger partial charge < -0.3 is 9.64 Å². The number of ether oxygens (including phenoxy) is 1. The van der Waals surface area contributed by atoms with E-state index in [1.807, 2.05) is 11.8 Å². The van der Waals surface area contributed by atoms with Gasteiger partial charge in [0.25, 0.3) is 5.91 Å². The van der Waals surface area contributed by atoms with E-state index >= 15 is 0 Å². The molecular formula is C12H19ClN4O3. The third kappa shape index (κ3) is 2.60. The van der Waals surface area contributed by atoms with E-state index in [0.29, 0.717) is 25.5 Å². The summed E-state index contributed by atoms with van der Waals surface area (Å²) in [5.41, 5.74) is 0. The summed E-state index contributed by atoms with van der Waals surface area (Å²) >= 11 is 5.91. The smallest absolute Gasteiger partial charge is 0.325 e. The van der Waals surface area contributed by atoms with Crippen molar-refractivity contribution >= 4 is 29.4 Å². The van der Waals surface area contributed by atoms with Crippen molar-refractivity contribution in [2.75, 3.05) is 32.7 Å². The first kappa shape index (κ1) is 15.1. The average molecular weight is 303 g/mol. The maximum Gasteiger partial charge on any atom is 0.325 e. The second kappa shape index (κ2) is 6.41. The monoisotopic (exact) mass is 302 g/mol. The standard InChI is InChI=1S/C12H19ClN4O3/c1-3-4-17-10-9(11(18)15-12(17)19)16(5-6-20-2)8(7-13)14-10/h9-10H,3-7H2,1-2H3,(H,15,18,19). The molecule has 2 unspecified atom stereocenters. The highest BCUT2D eigenvalue weighted by Crippen LogP contribution is 2.25. The number of hydrogen-bond acceptors (Lipinski definition) is 5. The zero-order valence-electron chi connectivity index (χ0n) is 11.6. The molecule has 0 aliphatic carbocycles. The Hall–Kier alpha value is -1.34. The molecule has 3 amide bonds. The number of aliphatic imine (C=N–C) groups is 1. The van der Waals surface area contributed by atoms with Crippen LogP contribution in [0.5, 0.6) is 0 Å². The van der Waals surface area contributed by atoms with Crippen LogP contribution in [0.15, 0.2) is 4.99 Å². The van der Waals surface area contributed by atoms with E-state index in [1.165, 1.54) is 0 Å². The number of carbonyl (C=O) groups is 2. The van der Waals surface area contributed by atoms with Gasteiger partial charge in [0.2, 0.25) is 0 Å². The lowest BCUT2D eigenvalue weighted by atomic mass is 10.1. The molecule has 2 aliphatic rings. The summed E-state index contributed by atoms with van der Waals surface area (Å²) in [4.78, 5) is 31.9. The van der Waals surface area contributed by atoms with Gasteiger partial charge in [-0.2, -0.15) is 0 Å². The molecule has 0 bridgehead atoms. The summed E-state index contributed by atoms with van der Waals surface area (Å²) in [5.74, 6) is 0.509. The normalized spacial score (nSPS) is 25.6. The minimum absolute atomic E-state index is 0.206. The summed E-state index contributed by atoms with van der Waals surface area (Å²) in [5, 5.41) is 2.39. The molecule has 8 heteroatoms. The predicted molar refractivity (Wildman–Crippen MR) is 74.8 cm³/mol. The van der Waals surface area contributed by atoms with Crippen molar-refractivity contribution in [2.24, 2.45) is 4.99 Å². The molecule has 2 aliphatic heterocycles. The van der Waals surface area contributed by atoms with Gasteiger partial charge in [-0.1, -0.05) is 6.92 Å². The van der Waals surface area contributed by atoms with Crippen LogP contribution < -0.4 is 5.32 Å². The molecule has 0 saturated carbocycles. The number of rotatable bonds is 6. The van der Waals surface area contributed by atoms with Crippen LogP contribution in [0.2, 0.25) is 0 Å². The molecule has 1 N–H and O–H groups in total. The number of alkyl halides is 1. The summed E-state index contributed by atoms with van der Waals surface area (Å²) in [6.07, 6.45) is 0.316. The Balaban J connectivity index is 2.25. The van der Waals surface area contributed by atoms with Gasteiger partial charge in [0.05, 0.1) is 12.5 Å². The summed E-state index contributed by atoms with van der Waals surface area (Å²) < 4.78 is 5.06. The number of methoxy groups -OCH3 is 1. The summed E-state index contributed by atoms with van der Waals surface area (Å²) in [6, 6.07) is -0.896. The van der Waals surface area contributed by atoms with Crippen LogP contribution in [0.25, 0.3) is 0 Å². The van der Waals surface area contributed by atoms with Crippen LogP contribution in [0.1, 0.15) is 13.3 Å². The fraction of sp³-hybridized carbons (Fsp3) is 0.750. The quantitative estimate of drug-likeness (QED) is 0.713. The van der Waals surface area contributed by atoms with Crippen LogP contribution >= 0.6 is 11.6 Å². The van der Waals surface area contributed by atoms with Gasteiger partial charge in [0.1, 0.15) is 5.84 Å². The van der Waals surface area contributed by atoms with E-state index in [4.69, 9.17) is 16.3 Å². The van der Waals surface area contributed by atoms with Gasteiger partial charge in [0, 0.05) is 20.2 Å². The first-order chi connectivity index (χ1) is 9.63. The van der Waals surface area contributed by atoms with Crippen molar-refractivity contribution in [1.82, 2.24) is 15.1 Å². The molecule has 0 aromatic heterocycles. The maximum absolute atomic E-state index is 12.1. The Bertz CT molecular complexity index is 429. The fourth-order valence-corrected chi connectivity index (χ4v) is 2.77. The van der Waals surface area contributed by atoms with Crippen molar-refractivity contribution in [3.63, 3.8) is 0 Å². The lowest BCUT2D eigenvalue weighted by Gasteiger charge is -2.38. The Kier molecular flexibility index (Phi) is 4.82. The van der Waals surface area contributed by atoms with E-state index < -0.39 is 12.2 Å². The van der Waals surface area contributed by atoms with Crippen LogP contribution in [0, 0.1) is 0 Å². The number of amidine groups is 1. The van der Waals surface area contributed by atoms with Crippen molar-refractivity contribution in [3.05, 3.63) is 0 Å². The topological polar surface area (TPSA) is 74.2 Å². The Morgan fingerprint density at radius 3 is 2.70 bits per heavy atom. The van der Waals surface area contributed by atoms with Crippen LogP contribution in [0.3, 0.4) is 0 Å². The van der Waals surface area contributed by atoms with Crippen LogP contribution in [-0.4, -0.2) is 72.5 Å². The van der Waals surface area contributed by atoms with E-state index in [0.717, 1.165) is 6.42 Å². The largest absolute Gasteiger partial charge is 0.383 e. The average Bonchev–Trinajstić information content (AvgIpc) is 2.80. The zero-order valence-corrected chi connectivity index (χ0v) is 12.4. The second-order valence-corrected chi connectivity index (χ2v) is 4.98. The molecule has 7 nitrogen and oxygen atoms in total. The van der Waals surface area contributed by atoms with Gasteiger partial charge in [-0.15, -0.1) is 11.6 Å².